The monoisotopic (exact) mass is 354 g/mol. The molecule has 2 aromatic carbocycles. The zero-order valence-corrected chi connectivity index (χ0v) is 14.3. The maximum Gasteiger partial charge on any atom is 0.289 e. The van der Waals surface area contributed by atoms with E-state index in [1.54, 1.807) is 19.2 Å². The van der Waals surface area contributed by atoms with Crippen LogP contribution in [-0.4, -0.2) is 26.9 Å². The normalized spacial score (nSPS) is 17.7. The zero-order valence-electron chi connectivity index (χ0n) is 13.5. The number of amides is 1. The van der Waals surface area contributed by atoms with E-state index in [2.05, 4.69) is 0 Å². The lowest BCUT2D eigenvalue weighted by Crippen LogP contribution is -2.23. The fourth-order valence-corrected chi connectivity index (χ4v) is 4.06. The summed E-state index contributed by atoms with van der Waals surface area (Å²) in [6, 6.07) is 13.7. The van der Waals surface area contributed by atoms with Gasteiger partial charge in [0.15, 0.2) is 0 Å². The number of hydrogen-bond donors (Lipinski definition) is 0. The van der Waals surface area contributed by atoms with E-state index in [9.17, 15) is 14.0 Å². The van der Waals surface area contributed by atoms with Crippen LogP contribution in [0.5, 0.6) is 0 Å². The van der Waals surface area contributed by atoms with Crippen molar-refractivity contribution in [3.8, 4) is 0 Å². The number of aromatic nitrogens is 1. The third-order valence-corrected chi connectivity index (χ3v) is 5.41. The topological polar surface area (TPSA) is 42.3 Å². The molecule has 1 aromatic heterocycles. The molecule has 0 bridgehead atoms. The Morgan fingerprint density at radius 2 is 1.88 bits per heavy atom. The summed E-state index contributed by atoms with van der Waals surface area (Å²) in [7, 11) is 1.64. The number of rotatable bonds is 3. The summed E-state index contributed by atoms with van der Waals surface area (Å²) in [6.45, 7) is 0.405. The number of fused-ring (bicyclic) bond motifs is 1. The van der Waals surface area contributed by atoms with E-state index in [0.29, 0.717) is 12.1 Å². The summed E-state index contributed by atoms with van der Waals surface area (Å²) >= 11 is 0.743. The van der Waals surface area contributed by atoms with Crippen LogP contribution in [0.1, 0.15) is 17.2 Å². The standard InChI is InChI=1S/C19H15FN2O2S/c1-21-17(18(23)25-19(21)24)14-6-4-8-16-13(14)9-10-22(16)11-12-5-2-3-7-15(12)20/h2-10,17H,11H2,1H3. The Bertz CT molecular complexity index is 998. The highest BCUT2D eigenvalue weighted by Crippen LogP contribution is 2.38. The van der Waals surface area contributed by atoms with Gasteiger partial charge in [-0.15, -0.1) is 0 Å². The zero-order chi connectivity index (χ0) is 17.6. The van der Waals surface area contributed by atoms with Gasteiger partial charge in [0.25, 0.3) is 5.24 Å². The second-order valence-corrected chi connectivity index (χ2v) is 6.97. The van der Waals surface area contributed by atoms with E-state index in [4.69, 9.17) is 0 Å². The molecule has 2 heterocycles. The van der Waals surface area contributed by atoms with Gasteiger partial charge in [0.2, 0.25) is 5.12 Å². The third-order valence-electron chi connectivity index (χ3n) is 4.53. The van der Waals surface area contributed by atoms with Crippen molar-refractivity contribution >= 4 is 33.0 Å². The van der Waals surface area contributed by atoms with Gasteiger partial charge in [0.05, 0.1) is 6.54 Å². The van der Waals surface area contributed by atoms with Crippen LogP contribution in [0.25, 0.3) is 10.9 Å². The van der Waals surface area contributed by atoms with Gasteiger partial charge in [-0.2, -0.15) is 0 Å². The Kier molecular flexibility index (Phi) is 3.84. The first kappa shape index (κ1) is 15.9. The van der Waals surface area contributed by atoms with Crippen LogP contribution in [0.4, 0.5) is 9.18 Å². The largest absolute Gasteiger partial charge is 0.343 e. The summed E-state index contributed by atoms with van der Waals surface area (Å²) in [5, 5.41) is 0.499. The van der Waals surface area contributed by atoms with Crippen LogP contribution >= 0.6 is 11.8 Å². The number of halogens is 1. The molecule has 0 radical (unpaired) electrons. The lowest BCUT2D eigenvalue weighted by Gasteiger charge is -2.18. The SMILES string of the molecule is CN1C(=O)SC(=O)C1c1cccc2c1ccn2Cc1ccccc1F. The molecule has 1 atom stereocenters. The lowest BCUT2D eigenvalue weighted by molar-refractivity contribution is -0.113. The number of thioether (sulfide) groups is 1. The maximum atomic E-state index is 13.9. The molecule has 1 fully saturated rings. The first-order valence-corrected chi connectivity index (χ1v) is 8.67. The van der Waals surface area contributed by atoms with E-state index in [1.807, 2.05) is 41.1 Å². The van der Waals surface area contributed by atoms with E-state index in [-0.39, 0.29) is 16.2 Å². The Balaban J connectivity index is 1.78. The smallest absolute Gasteiger partial charge is 0.289 e. The summed E-state index contributed by atoms with van der Waals surface area (Å²) in [5.74, 6) is -0.242. The fraction of sp³-hybridized carbons (Fsp3) is 0.158. The molecule has 4 nitrogen and oxygen atoms in total. The summed E-state index contributed by atoms with van der Waals surface area (Å²) < 4.78 is 15.9. The van der Waals surface area contributed by atoms with Crippen molar-refractivity contribution in [2.75, 3.05) is 7.05 Å². The van der Waals surface area contributed by atoms with Crippen molar-refractivity contribution < 1.29 is 14.0 Å². The molecule has 1 aliphatic heterocycles. The highest BCUT2D eigenvalue weighted by atomic mass is 32.2. The van der Waals surface area contributed by atoms with Gasteiger partial charge in [-0.05, 0) is 23.8 Å². The molecular formula is C19H15FN2O2S. The van der Waals surface area contributed by atoms with Crippen molar-refractivity contribution in [3.05, 3.63) is 71.7 Å². The lowest BCUT2D eigenvalue weighted by atomic mass is 10.0. The molecule has 1 unspecified atom stereocenters. The second kappa shape index (κ2) is 6.04. The van der Waals surface area contributed by atoms with Crippen molar-refractivity contribution in [3.63, 3.8) is 0 Å². The Labute approximate surface area is 148 Å². The van der Waals surface area contributed by atoms with Gasteiger partial charge >= 0.3 is 0 Å². The molecule has 1 amide bonds. The molecular weight excluding hydrogens is 339 g/mol. The average molecular weight is 354 g/mol. The fourth-order valence-electron chi connectivity index (χ4n) is 3.25. The Morgan fingerprint density at radius 1 is 1.08 bits per heavy atom. The molecule has 4 rings (SSSR count). The summed E-state index contributed by atoms with van der Waals surface area (Å²) in [4.78, 5) is 25.5. The Hall–Kier alpha value is -2.60. The van der Waals surface area contributed by atoms with Crippen molar-refractivity contribution in [1.29, 1.82) is 0 Å². The first-order valence-electron chi connectivity index (χ1n) is 7.86. The molecule has 0 N–H and O–H groups in total. The molecule has 0 spiro atoms. The first-order chi connectivity index (χ1) is 12.1. The van der Waals surface area contributed by atoms with Gasteiger partial charge in [0, 0.05) is 41.5 Å². The number of hydrogen-bond acceptors (Lipinski definition) is 3. The van der Waals surface area contributed by atoms with E-state index >= 15 is 0 Å². The number of benzene rings is 2. The maximum absolute atomic E-state index is 13.9. The van der Waals surface area contributed by atoms with Gasteiger partial charge in [-0.1, -0.05) is 30.3 Å². The van der Waals surface area contributed by atoms with Gasteiger partial charge in [-0.25, -0.2) is 4.39 Å². The number of likely N-dealkylation sites (N-methyl/N-ethyl adjacent to an activating group) is 1. The van der Waals surface area contributed by atoms with Gasteiger partial charge in [-0.3, -0.25) is 9.59 Å². The van der Waals surface area contributed by atoms with Crippen LogP contribution in [0.3, 0.4) is 0 Å². The third kappa shape index (κ3) is 2.62. The van der Waals surface area contributed by atoms with Gasteiger partial charge < -0.3 is 9.47 Å². The molecule has 25 heavy (non-hydrogen) atoms. The molecule has 126 valence electrons. The predicted octanol–water partition coefficient (Wildman–Crippen LogP) is 4.20. The van der Waals surface area contributed by atoms with E-state index in [1.165, 1.54) is 11.0 Å². The minimum Gasteiger partial charge on any atom is -0.343 e. The van der Waals surface area contributed by atoms with Crippen LogP contribution in [0.2, 0.25) is 0 Å². The molecule has 0 aliphatic carbocycles. The van der Waals surface area contributed by atoms with Crippen LogP contribution < -0.4 is 0 Å². The number of carbonyl (C=O) groups is 2. The van der Waals surface area contributed by atoms with Gasteiger partial charge in [0.1, 0.15) is 11.9 Å². The summed E-state index contributed by atoms with van der Waals surface area (Å²) in [6.07, 6.45) is 1.88. The van der Waals surface area contributed by atoms with E-state index < -0.39 is 6.04 Å². The molecule has 0 saturated carbocycles. The van der Waals surface area contributed by atoms with Crippen LogP contribution in [0, 0.1) is 5.82 Å². The summed E-state index contributed by atoms with van der Waals surface area (Å²) in [5.41, 5.74) is 2.31. The van der Waals surface area contributed by atoms with Crippen LogP contribution in [-0.2, 0) is 11.3 Å². The quantitative estimate of drug-likeness (QED) is 0.708. The number of carbonyl (C=O) groups excluding carboxylic acids is 2. The average Bonchev–Trinajstić information content (AvgIpc) is 3.11. The molecule has 1 saturated heterocycles. The predicted molar refractivity (Wildman–Crippen MR) is 95.9 cm³/mol. The number of nitrogens with zero attached hydrogens (tertiary/aromatic N) is 2. The minimum atomic E-state index is -0.578. The molecule has 3 aromatic rings. The van der Waals surface area contributed by atoms with Crippen molar-refractivity contribution in [2.24, 2.45) is 0 Å². The van der Waals surface area contributed by atoms with Crippen molar-refractivity contribution in [2.45, 2.75) is 12.6 Å². The highest BCUT2D eigenvalue weighted by Gasteiger charge is 2.39. The highest BCUT2D eigenvalue weighted by molar-refractivity contribution is 8.26. The van der Waals surface area contributed by atoms with Crippen LogP contribution in [0.15, 0.2) is 54.7 Å². The second-order valence-electron chi connectivity index (χ2n) is 6.02. The Morgan fingerprint density at radius 3 is 2.60 bits per heavy atom. The molecule has 6 heteroatoms. The van der Waals surface area contributed by atoms with E-state index in [0.717, 1.165) is 28.2 Å². The van der Waals surface area contributed by atoms with Crippen molar-refractivity contribution in [1.82, 2.24) is 9.47 Å². The molecule has 1 aliphatic rings. The minimum absolute atomic E-state index is 0.165.